The van der Waals surface area contributed by atoms with Crippen molar-refractivity contribution in [3.8, 4) is 0 Å². The first kappa shape index (κ1) is 12.8. The normalized spacial score (nSPS) is 10.3. The van der Waals surface area contributed by atoms with Crippen molar-refractivity contribution in [2.45, 2.75) is 19.8 Å². The van der Waals surface area contributed by atoms with Gasteiger partial charge < -0.3 is 0 Å². The van der Waals surface area contributed by atoms with E-state index in [1.807, 2.05) is 43.5 Å². The van der Waals surface area contributed by atoms with E-state index in [-0.39, 0.29) is 0 Å². The molecule has 0 spiro atoms. The molecule has 2 aromatic rings. The molecule has 1 nitrogen and oxygen atoms in total. The highest BCUT2D eigenvalue weighted by Gasteiger charge is 2.03. The summed E-state index contributed by atoms with van der Waals surface area (Å²) in [5, 5.41) is 0.776. The van der Waals surface area contributed by atoms with Crippen molar-refractivity contribution in [1.29, 1.82) is 0 Å². The zero-order valence-corrected chi connectivity index (χ0v) is 11.2. The van der Waals surface area contributed by atoms with Gasteiger partial charge in [0.15, 0.2) is 0 Å². The lowest BCUT2D eigenvalue weighted by molar-refractivity contribution is 0.929. The van der Waals surface area contributed by atoms with E-state index < -0.39 is 0 Å². The fraction of sp³-hybridized carbons (Fsp3) is 0.188. The van der Waals surface area contributed by atoms with Crippen LogP contribution in [0.15, 0.2) is 43.1 Å². The maximum atomic E-state index is 6.04. The van der Waals surface area contributed by atoms with Gasteiger partial charge in [-0.1, -0.05) is 36.4 Å². The number of benzene rings is 1. The van der Waals surface area contributed by atoms with Crippen LogP contribution in [-0.2, 0) is 12.8 Å². The van der Waals surface area contributed by atoms with Crippen LogP contribution in [0.2, 0.25) is 5.02 Å². The predicted octanol–water partition coefficient (Wildman–Crippen LogP) is 4.47. The molecule has 0 unspecified atom stereocenters. The van der Waals surface area contributed by atoms with E-state index in [0.29, 0.717) is 0 Å². The molecule has 18 heavy (non-hydrogen) atoms. The molecule has 0 fully saturated rings. The third-order valence-corrected chi connectivity index (χ3v) is 3.34. The summed E-state index contributed by atoms with van der Waals surface area (Å²) < 4.78 is 0. The van der Waals surface area contributed by atoms with E-state index in [9.17, 15) is 0 Å². The highest BCUT2D eigenvalue weighted by molar-refractivity contribution is 6.30. The molecule has 0 N–H and O–H groups in total. The van der Waals surface area contributed by atoms with Crippen LogP contribution in [-0.4, -0.2) is 4.98 Å². The Balaban J connectivity index is 2.18. The van der Waals surface area contributed by atoms with Gasteiger partial charge in [0.25, 0.3) is 0 Å². The van der Waals surface area contributed by atoms with Crippen molar-refractivity contribution in [3.63, 3.8) is 0 Å². The lowest BCUT2D eigenvalue weighted by Crippen LogP contribution is -1.97. The van der Waals surface area contributed by atoms with Gasteiger partial charge in [0.1, 0.15) is 0 Å². The van der Waals surface area contributed by atoms with Crippen LogP contribution in [0.1, 0.15) is 22.4 Å². The molecule has 1 heterocycles. The van der Waals surface area contributed by atoms with Gasteiger partial charge in [0.2, 0.25) is 0 Å². The average molecular weight is 258 g/mol. The van der Waals surface area contributed by atoms with Crippen molar-refractivity contribution in [3.05, 3.63) is 70.5 Å². The molecule has 1 aromatic carbocycles. The third-order valence-electron chi connectivity index (χ3n) is 3.10. The summed E-state index contributed by atoms with van der Waals surface area (Å²) in [6, 6.07) is 10.0. The van der Waals surface area contributed by atoms with E-state index in [2.05, 4.69) is 17.6 Å². The Hall–Kier alpha value is -1.60. The van der Waals surface area contributed by atoms with Crippen LogP contribution in [0.5, 0.6) is 0 Å². The quantitative estimate of drug-likeness (QED) is 0.787. The SMILES string of the molecule is C=Cc1ccc(Cl)cc1CCc1cccnc1C. The van der Waals surface area contributed by atoms with Gasteiger partial charge in [-0.3, -0.25) is 4.98 Å². The number of hydrogen-bond donors (Lipinski definition) is 0. The molecule has 0 saturated heterocycles. The maximum absolute atomic E-state index is 6.04. The number of halogens is 1. The molecule has 0 aliphatic rings. The summed E-state index contributed by atoms with van der Waals surface area (Å²) >= 11 is 6.04. The van der Waals surface area contributed by atoms with Crippen LogP contribution in [0, 0.1) is 6.92 Å². The summed E-state index contributed by atoms with van der Waals surface area (Å²) in [5.74, 6) is 0. The topological polar surface area (TPSA) is 12.9 Å². The van der Waals surface area contributed by atoms with Crippen LogP contribution in [0.25, 0.3) is 6.08 Å². The summed E-state index contributed by atoms with van der Waals surface area (Å²) in [4.78, 5) is 4.31. The largest absolute Gasteiger partial charge is 0.261 e. The molecular formula is C16H16ClN. The first-order valence-electron chi connectivity index (χ1n) is 6.02. The highest BCUT2D eigenvalue weighted by atomic mass is 35.5. The van der Waals surface area contributed by atoms with Crippen molar-refractivity contribution >= 4 is 17.7 Å². The average Bonchev–Trinajstić information content (AvgIpc) is 2.38. The molecule has 0 aliphatic heterocycles. The molecule has 2 rings (SSSR count). The summed E-state index contributed by atoms with van der Waals surface area (Å²) in [6.45, 7) is 5.88. The number of rotatable bonds is 4. The monoisotopic (exact) mass is 257 g/mol. The number of nitrogens with zero attached hydrogens (tertiary/aromatic N) is 1. The van der Waals surface area contributed by atoms with Crippen molar-refractivity contribution in [1.82, 2.24) is 4.98 Å². The Morgan fingerprint density at radius 1 is 1.22 bits per heavy atom. The number of aryl methyl sites for hydroxylation is 3. The fourth-order valence-electron chi connectivity index (χ4n) is 2.04. The minimum atomic E-state index is 0.776. The Kier molecular flexibility index (Phi) is 4.16. The maximum Gasteiger partial charge on any atom is 0.0409 e. The second kappa shape index (κ2) is 5.83. The van der Waals surface area contributed by atoms with E-state index in [1.165, 1.54) is 11.1 Å². The molecular weight excluding hydrogens is 242 g/mol. The second-order valence-electron chi connectivity index (χ2n) is 4.30. The molecule has 0 bridgehead atoms. The van der Waals surface area contributed by atoms with E-state index >= 15 is 0 Å². The Bertz CT molecular complexity index is 561. The minimum absolute atomic E-state index is 0.776. The van der Waals surface area contributed by atoms with Gasteiger partial charge in [-0.25, -0.2) is 0 Å². The van der Waals surface area contributed by atoms with Crippen LogP contribution in [0.4, 0.5) is 0 Å². The van der Waals surface area contributed by atoms with Gasteiger partial charge in [0, 0.05) is 16.9 Å². The first-order chi connectivity index (χ1) is 8.70. The van der Waals surface area contributed by atoms with Crippen LogP contribution >= 0.6 is 11.6 Å². The molecule has 0 amide bonds. The fourth-order valence-corrected chi connectivity index (χ4v) is 2.24. The summed E-state index contributed by atoms with van der Waals surface area (Å²) in [6.07, 6.45) is 5.63. The molecule has 0 atom stereocenters. The van der Waals surface area contributed by atoms with Crippen LogP contribution < -0.4 is 0 Å². The van der Waals surface area contributed by atoms with Gasteiger partial charge in [-0.05, 0) is 54.7 Å². The zero-order valence-electron chi connectivity index (χ0n) is 10.5. The van der Waals surface area contributed by atoms with Gasteiger partial charge in [-0.15, -0.1) is 0 Å². The standard InChI is InChI=1S/C16H16ClN/c1-3-13-8-9-16(17)11-15(13)7-6-14-5-4-10-18-12(14)2/h3-5,8-11H,1,6-7H2,2H3. The highest BCUT2D eigenvalue weighted by Crippen LogP contribution is 2.19. The molecule has 0 saturated carbocycles. The predicted molar refractivity (Wildman–Crippen MR) is 77.9 cm³/mol. The molecule has 2 heteroatoms. The van der Waals surface area contributed by atoms with Crippen molar-refractivity contribution < 1.29 is 0 Å². The molecule has 0 radical (unpaired) electrons. The van der Waals surface area contributed by atoms with Crippen LogP contribution in [0.3, 0.4) is 0 Å². The number of hydrogen-bond acceptors (Lipinski definition) is 1. The van der Waals surface area contributed by atoms with Gasteiger partial charge >= 0.3 is 0 Å². The Morgan fingerprint density at radius 2 is 2.00 bits per heavy atom. The van der Waals surface area contributed by atoms with E-state index in [4.69, 9.17) is 11.6 Å². The smallest absolute Gasteiger partial charge is 0.0409 e. The van der Waals surface area contributed by atoms with E-state index in [0.717, 1.165) is 29.1 Å². The molecule has 0 aliphatic carbocycles. The molecule has 1 aromatic heterocycles. The summed E-state index contributed by atoms with van der Waals surface area (Å²) in [7, 11) is 0. The summed E-state index contributed by atoms with van der Waals surface area (Å²) in [5.41, 5.74) is 4.77. The van der Waals surface area contributed by atoms with Crippen molar-refractivity contribution in [2.75, 3.05) is 0 Å². The lowest BCUT2D eigenvalue weighted by Gasteiger charge is -2.08. The first-order valence-corrected chi connectivity index (χ1v) is 6.40. The Labute approximate surface area is 113 Å². The van der Waals surface area contributed by atoms with Crippen molar-refractivity contribution in [2.24, 2.45) is 0 Å². The number of aromatic nitrogens is 1. The van der Waals surface area contributed by atoms with Gasteiger partial charge in [-0.2, -0.15) is 0 Å². The molecule has 92 valence electrons. The third kappa shape index (κ3) is 2.99. The minimum Gasteiger partial charge on any atom is -0.261 e. The zero-order chi connectivity index (χ0) is 13.0. The lowest BCUT2D eigenvalue weighted by atomic mass is 9.99. The Morgan fingerprint density at radius 3 is 2.72 bits per heavy atom. The van der Waals surface area contributed by atoms with Gasteiger partial charge in [0.05, 0.1) is 0 Å². The number of pyridine rings is 1. The second-order valence-corrected chi connectivity index (χ2v) is 4.73. The van der Waals surface area contributed by atoms with E-state index in [1.54, 1.807) is 0 Å².